The second kappa shape index (κ2) is 20.2. The van der Waals surface area contributed by atoms with Gasteiger partial charge in [-0.2, -0.15) is 16.8 Å². The van der Waals surface area contributed by atoms with Crippen LogP contribution in [0.15, 0.2) is 0 Å². The molecular weight excluding hydrogens is 892 g/mol. The van der Waals surface area contributed by atoms with Crippen LogP contribution in [0.3, 0.4) is 0 Å². The summed E-state index contributed by atoms with van der Waals surface area (Å²) in [5.41, 5.74) is 0. The van der Waals surface area contributed by atoms with Crippen LogP contribution in [0.4, 0.5) is 0 Å². The zero-order chi connectivity index (χ0) is 46.0. The molecule has 352 valence electrons. The number of hydrogen-bond acceptors (Lipinski definition) is 25. The number of nitrogens with one attached hydrogen (secondary N) is 2. The van der Waals surface area contributed by atoms with Crippen LogP contribution < -0.4 is 10.6 Å². The van der Waals surface area contributed by atoms with E-state index in [0.29, 0.717) is 0 Å². The largest absolute Gasteiger partial charge is 0.479 e. The minimum Gasteiger partial charge on any atom is -0.479 e. The summed E-state index contributed by atoms with van der Waals surface area (Å²) in [6.07, 6.45) is -40.8. The summed E-state index contributed by atoms with van der Waals surface area (Å²) in [6, 6.07) is -3.83. The summed E-state index contributed by atoms with van der Waals surface area (Å²) < 4.78 is 109. The highest BCUT2D eigenvalue weighted by Crippen LogP contribution is 2.35. The van der Waals surface area contributed by atoms with E-state index in [1.165, 1.54) is 0 Å². The minimum atomic E-state index is -5.32. The van der Waals surface area contributed by atoms with Gasteiger partial charge < -0.3 is 94.9 Å². The third-order valence-corrected chi connectivity index (χ3v) is 10.2. The summed E-state index contributed by atoms with van der Waals surface area (Å²) >= 11 is 0. The van der Waals surface area contributed by atoms with Crippen LogP contribution in [-0.4, -0.2) is 237 Å². The molecule has 4 fully saturated rings. The Hall–Kier alpha value is -2.98. The number of carbonyl (C=O) groups is 4. The van der Waals surface area contributed by atoms with Crippen molar-refractivity contribution < 1.29 is 138 Å². The number of hydrogen-bond donors (Lipinski definition) is 14. The van der Waals surface area contributed by atoms with Crippen molar-refractivity contribution in [2.45, 2.75) is 137 Å². The van der Waals surface area contributed by atoms with Gasteiger partial charge in [-0.05, 0) is 0 Å². The number of amides is 2. The van der Waals surface area contributed by atoms with Gasteiger partial charge in [-0.1, -0.05) is 0 Å². The number of aliphatic hydroxyl groups is 8. The number of ether oxygens (including phenoxy) is 7. The summed E-state index contributed by atoms with van der Waals surface area (Å²) in [4.78, 5) is 48.7. The van der Waals surface area contributed by atoms with Crippen molar-refractivity contribution in [2.24, 2.45) is 0 Å². The van der Waals surface area contributed by atoms with Crippen LogP contribution in [0.25, 0.3) is 0 Å². The molecule has 33 heteroatoms. The monoisotopic (exact) mass is 936 g/mol. The first kappa shape index (κ1) is 50.7. The summed E-state index contributed by atoms with van der Waals surface area (Å²) in [7, 11) is -10.5. The number of rotatable bonds is 16. The molecule has 0 bridgehead atoms. The molecule has 20 atom stereocenters. The molecular formula is C28H44N2O29S2. The Morgan fingerprint density at radius 1 is 0.508 bits per heavy atom. The van der Waals surface area contributed by atoms with Gasteiger partial charge >= 0.3 is 32.7 Å². The van der Waals surface area contributed by atoms with Gasteiger partial charge in [0.05, 0.1) is 13.2 Å². The molecule has 31 nitrogen and oxygen atoms in total. The van der Waals surface area contributed by atoms with Gasteiger partial charge in [0, 0.05) is 13.8 Å². The third kappa shape index (κ3) is 12.6. The smallest absolute Gasteiger partial charge is 0.397 e. The number of aliphatic hydroxyl groups excluding tert-OH is 8. The third-order valence-electron chi connectivity index (χ3n) is 9.34. The Kier molecular flexibility index (Phi) is 16.8. The molecule has 0 spiro atoms. The average Bonchev–Trinajstić information content (AvgIpc) is 3.13. The molecule has 4 aliphatic heterocycles. The first-order chi connectivity index (χ1) is 28.1. The maximum absolute atomic E-state index is 12.6. The van der Waals surface area contributed by atoms with Crippen molar-refractivity contribution >= 4 is 44.6 Å². The zero-order valence-electron chi connectivity index (χ0n) is 31.1. The van der Waals surface area contributed by atoms with Gasteiger partial charge in [0.2, 0.25) is 11.8 Å². The van der Waals surface area contributed by atoms with E-state index in [2.05, 4.69) is 19.0 Å². The molecule has 0 aromatic heterocycles. The van der Waals surface area contributed by atoms with E-state index in [4.69, 9.17) is 37.7 Å². The summed E-state index contributed by atoms with van der Waals surface area (Å²) in [5, 5.41) is 110. The maximum Gasteiger partial charge on any atom is 0.397 e. The molecule has 0 saturated carbocycles. The molecule has 4 heterocycles. The molecule has 0 aromatic carbocycles. The lowest BCUT2D eigenvalue weighted by Crippen LogP contribution is -2.70. The zero-order valence-corrected chi connectivity index (χ0v) is 32.7. The highest BCUT2D eigenvalue weighted by Gasteiger charge is 2.57. The lowest BCUT2D eigenvalue weighted by atomic mass is 9.94. The predicted octanol–water partition coefficient (Wildman–Crippen LogP) is -9.62. The Bertz CT molecular complexity index is 1790. The fourth-order valence-electron chi connectivity index (χ4n) is 6.58. The van der Waals surface area contributed by atoms with Gasteiger partial charge in [0.1, 0.15) is 85.3 Å². The second-order valence-corrected chi connectivity index (χ2v) is 15.9. The van der Waals surface area contributed by atoms with E-state index in [1.807, 2.05) is 0 Å². The Morgan fingerprint density at radius 2 is 0.918 bits per heavy atom. The van der Waals surface area contributed by atoms with Crippen LogP contribution in [-0.2, 0) is 81.5 Å². The Balaban J connectivity index is 1.68. The lowest BCUT2D eigenvalue weighted by molar-refractivity contribution is -0.368. The van der Waals surface area contributed by atoms with E-state index in [-0.39, 0.29) is 0 Å². The second-order valence-electron chi connectivity index (χ2n) is 13.7. The average molecular weight is 937 g/mol. The van der Waals surface area contributed by atoms with Crippen LogP contribution in [0.2, 0.25) is 0 Å². The van der Waals surface area contributed by atoms with E-state index >= 15 is 0 Å². The maximum atomic E-state index is 12.6. The van der Waals surface area contributed by atoms with E-state index < -0.39 is 180 Å². The van der Waals surface area contributed by atoms with Crippen molar-refractivity contribution in [1.29, 1.82) is 0 Å². The topological polar surface area (TPSA) is 486 Å². The highest BCUT2D eigenvalue weighted by atomic mass is 32.3. The highest BCUT2D eigenvalue weighted by molar-refractivity contribution is 7.81. The number of aliphatic carboxylic acids is 2. The van der Waals surface area contributed by atoms with Gasteiger partial charge in [-0.15, -0.1) is 0 Å². The van der Waals surface area contributed by atoms with Crippen LogP contribution >= 0.6 is 0 Å². The van der Waals surface area contributed by atoms with Crippen LogP contribution in [0.1, 0.15) is 13.8 Å². The molecule has 4 saturated heterocycles. The van der Waals surface area contributed by atoms with Gasteiger partial charge in [0.15, 0.2) is 37.4 Å². The van der Waals surface area contributed by atoms with Gasteiger partial charge in [-0.3, -0.25) is 18.7 Å². The molecule has 14 N–H and O–H groups in total. The van der Waals surface area contributed by atoms with Crippen molar-refractivity contribution in [3.63, 3.8) is 0 Å². The standard InChI is InChI=1S/C28H44N2O29S2/c1-5(31)29-9-18(11(33)7(53-25(9)44)3-51-60(45,46)47)55-28-17(39)15(37)20(22(59-28)24(42)43)57-26-10(30-6(2)32)19(12(34)8(54-26)4-52-61(48,49)50)56-27-16(38)13(35)14(36)21(58-27)23(40)41/h7-22,25-28,33-39,44H,3-4H2,1-2H3,(H,29,31)(H,30,32)(H,40,41)(H,42,43)(H,45,46,47)(H,48,49,50)/t7-,8-,9-,10-,11+,12+,13+,14+,15-,16-,17-,18-,19-,20+,21+,22+,25-,26+,27-,28-/m1/s1. The van der Waals surface area contributed by atoms with Crippen molar-refractivity contribution in [3.8, 4) is 0 Å². The number of carboxylic acid groups (broad SMARTS) is 2. The van der Waals surface area contributed by atoms with E-state index in [9.17, 15) is 91.6 Å². The molecule has 0 aliphatic carbocycles. The van der Waals surface area contributed by atoms with Crippen LogP contribution in [0.5, 0.6) is 0 Å². The van der Waals surface area contributed by atoms with Crippen molar-refractivity contribution in [1.82, 2.24) is 10.6 Å². The molecule has 0 unspecified atom stereocenters. The molecule has 0 aromatic rings. The summed E-state index contributed by atoms with van der Waals surface area (Å²) in [5.74, 6) is -5.82. The quantitative estimate of drug-likeness (QED) is 0.0639. The molecule has 4 rings (SSSR count). The number of carboxylic acids is 2. The van der Waals surface area contributed by atoms with E-state index in [1.54, 1.807) is 0 Å². The summed E-state index contributed by atoms with van der Waals surface area (Å²) in [6.45, 7) is -0.729. The number of carbonyl (C=O) groups excluding carboxylic acids is 2. The first-order valence-electron chi connectivity index (χ1n) is 17.4. The molecule has 0 radical (unpaired) electrons. The SMILES string of the molecule is CC(=O)N[C@@H]1[C@@H](O[C@@H]2O[C@H](C(=O)O)[C@@H](O[C@@H]3O[C@H](COS(=O)(=O)O)[C@H](O)[C@H](O[C@@H]4O[C@H](C(=O)O)[C@@H](O)[C@H](O)[C@H]4O)[C@H]3NC(C)=O)[C@H](O)[C@H]2O)[C@@H](O)[C@@H](COS(=O)(=O)O)O[C@H]1O. The van der Waals surface area contributed by atoms with Gasteiger partial charge in [0.25, 0.3) is 0 Å². The van der Waals surface area contributed by atoms with Crippen LogP contribution in [0, 0.1) is 0 Å². The minimum absolute atomic E-state index is 0.861. The molecule has 61 heavy (non-hydrogen) atoms. The fraction of sp³-hybridized carbons (Fsp3) is 0.857. The normalized spacial score (nSPS) is 42.3. The lowest BCUT2D eigenvalue weighted by Gasteiger charge is -2.49. The van der Waals surface area contributed by atoms with Gasteiger partial charge in [-0.25, -0.2) is 18.0 Å². The van der Waals surface area contributed by atoms with E-state index in [0.717, 1.165) is 13.8 Å². The molecule has 4 aliphatic rings. The van der Waals surface area contributed by atoms with Crippen molar-refractivity contribution in [2.75, 3.05) is 13.2 Å². The van der Waals surface area contributed by atoms with Crippen molar-refractivity contribution in [3.05, 3.63) is 0 Å². The predicted molar refractivity (Wildman–Crippen MR) is 179 cm³/mol. The molecule has 2 amide bonds. The first-order valence-corrected chi connectivity index (χ1v) is 20.1. The fourth-order valence-corrected chi connectivity index (χ4v) is 7.19. The Labute approximate surface area is 342 Å². The Morgan fingerprint density at radius 3 is 1.38 bits per heavy atom.